The van der Waals surface area contributed by atoms with Crippen molar-refractivity contribution in [3.8, 4) is 5.69 Å². The summed E-state index contributed by atoms with van der Waals surface area (Å²) in [6, 6.07) is 9.77. The zero-order chi connectivity index (χ0) is 16.2. The molecule has 0 bridgehead atoms. The predicted octanol–water partition coefficient (Wildman–Crippen LogP) is 3.25. The first-order valence-corrected chi connectivity index (χ1v) is 7.92. The fourth-order valence-electron chi connectivity index (χ4n) is 2.19. The van der Waals surface area contributed by atoms with Crippen molar-refractivity contribution in [1.82, 2.24) is 14.8 Å². The predicted molar refractivity (Wildman–Crippen MR) is 85.7 cm³/mol. The summed E-state index contributed by atoms with van der Waals surface area (Å²) in [5, 5.41) is 8.89. The maximum atomic E-state index is 11.6. The lowest BCUT2D eigenvalue weighted by molar-refractivity contribution is 0.0564. The highest BCUT2D eigenvalue weighted by Crippen LogP contribution is 2.26. The van der Waals surface area contributed by atoms with Crippen LogP contribution in [0.5, 0.6) is 0 Å². The molecule has 0 unspecified atom stereocenters. The van der Waals surface area contributed by atoms with Gasteiger partial charge in [-0.15, -0.1) is 10.2 Å². The monoisotopic (exact) mass is 329 g/mol. The van der Waals surface area contributed by atoms with Gasteiger partial charge in [0.2, 0.25) is 5.76 Å². The standard InChI is InChI=1S/C16H15N3O3S/c1-11-5-3-4-6-13(11)19-10-17-18-16(19)23-9-12-7-8-22-14(12)15(20)21-2/h3-8,10H,9H2,1-2H3. The van der Waals surface area contributed by atoms with Gasteiger partial charge in [0.05, 0.1) is 19.1 Å². The largest absolute Gasteiger partial charge is 0.463 e. The highest BCUT2D eigenvalue weighted by molar-refractivity contribution is 7.98. The lowest BCUT2D eigenvalue weighted by atomic mass is 10.2. The van der Waals surface area contributed by atoms with E-state index in [1.807, 2.05) is 35.8 Å². The molecule has 0 atom stereocenters. The normalized spacial score (nSPS) is 10.7. The summed E-state index contributed by atoms with van der Waals surface area (Å²) < 4.78 is 11.8. The first-order chi connectivity index (χ1) is 11.2. The minimum atomic E-state index is -0.481. The number of thioether (sulfide) groups is 1. The fourth-order valence-corrected chi connectivity index (χ4v) is 3.09. The number of nitrogens with zero attached hydrogens (tertiary/aromatic N) is 3. The van der Waals surface area contributed by atoms with Crippen molar-refractivity contribution in [2.75, 3.05) is 7.11 Å². The van der Waals surface area contributed by atoms with Crippen LogP contribution >= 0.6 is 11.8 Å². The molecule has 2 heterocycles. The van der Waals surface area contributed by atoms with Crippen molar-refractivity contribution in [3.05, 3.63) is 59.8 Å². The Bertz CT molecular complexity index is 825. The molecule has 0 radical (unpaired) electrons. The molecule has 6 nitrogen and oxygen atoms in total. The van der Waals surface area contributed by atoms with Gasteiger partial charge in [-0.25, -0.2) is 4.79 Å². The Morgan fingerprint density at radius 1 is 1.35 bits per heavy atom. The molecular weight excluding hydrogens is 314 g/mol. The van der Waals surface area contributed by atoms with Crippen LogP contribution in [0.3, 0.4) is 0 Å². The molecule has 0 saturated heterocycles. The number of methoxy groups -OCH3 is 1. The van der Waals surface area contributed by atoms with Crippen LogP contribution in [-0.4, -0.2) is 27.8 Å². The number of aryl methyl sites for hydroxylation is 1. The summed E-state index contributed by atoms with van der Waals surface area (Å²) in [5.41, 5.74) is 2.93. The van der Waals surface area contributed by atoms with Gasteiger partial charge in [-0.3, -0.25) is 4.57 Å². The lowest BCUT2D eigenvalue weighted by Gasteiger charge is -2.08. The highest BCUT2D eigenvalue weighted by atomic mass is 32.2. The maximum Gasteiger partial charge on any atom is 0.374 e. The number of hydrogen-bond acceptors (Lipinski definition) is 6. The molecule has 0 fully saturated rings. The Balaban J connectivity index is 1.81. The number of para-hydroxylation sites is 1. The van der Waals surface area contributed by atoms with Gasteiger partial charge in [-0.1, -0.05) is 30.0 Å². The number of aromatic nitrogens is 3. The smallest absolute Gasteiger partial charge is 0.374 e. The van der Waals surface area contributed by atoms with Crippen molar-refractivity contribution in [3.63, 3.8) is 0 Å². The van der Waals surface area contributed by atoms with Crippen molar-refractivity contribution in [2.45, 2.75) is 17.8 Å². The number of carbonyl (C=O) groups excluding carboxylic acids is 1. The number of hydrogen-bond donors (Lipinski definition) is 0. The van der Waals surface area contributed by atoms with Crippen LogP contribution in [0.4, 0.5) is 0 Å². The Kier molecular flexibility index (Phi) is 4.47. The van der Waals surface area contributed by atoms with Gasteiger partial charge < -0.3 is 9.15 Å². The van der Waals surface area contributed by atoms with Gasteiger partial charge in [-0.2, -0.15) is 0 Å². The molecule has 0 aliphatic rings. The van der Waals surface area contributed by atoms with Crippen LogP contribution in [0.25, 0.3) is 5.69 Å². The molecule has 0 aliphatic heterocycles. The zero-order valence-electron chi connectivity index (χ0n) is 12.7. The van der Waals surface area contributed by atoms with Crippen LogP contribution in [0.2, 0.25) is 0 Å². The van der Waals surface area contributed by atoms with Crippen molar-refractivity contribution in [2.24, 2.45) is 0 Å². The van der Waals surface area contributed by atoms with Crippen molar-refractivity contribution in [1.29, 1.82) is 0 Å². The third kappa shape index (κ3) is 3.14. The van der Waals surface area contributed by atoms with E-state index < -0.39 is 5.97 Å². The van der Waals surface area contributed by atoms with Crippen LogP contribution in [0, 0.1) is 6.92 Å². The van der Waals surface area contributed by atoms with E-state index in [4.69, 9.17) is 9.15 Å². The van der Waals surface area contributed by atoms with E-state index in [-0.39, 0.29) is 5.76 Å². The second-order valence-electron chi connectivity index (χ2n) is 4.83. The number of rotatable bonds is 5. The third-order valence-corrected chi connectivity index (χ3v) is 4.36. The van der Waals surface area contributed by atoms with E-state index in [0.29, 0.717) is 5.75 Å². The Labute approximate surface area is 137 Å². The minimum Gasteiger partial charge on any atom is -0.463 e. The molecule has 0 spiro atoms. The Hall–Kier alpha value is -2.54. The second kappa shape index (κ2) is 6.70. The first-order valence-electron chi connectivity index (χ1n) is 6.94. The molecule has 3 rings (SSSR count). The van der Waals surface area contributed by atoms with Gasteiger partial charge in [0, 0.05) is 11.3 Å². The number of benzene rings is 1. The van der Waals surface area contributed by atoms with E-state index in [1.165, 1.54) is 25.1 Å². The highest BCUT2D eigenvalue weighted by Gasteiger charge is 2.17. The van der Waals surface area contributed by atoms with Crippen LogP contribution in [0.15, 0.2) is 52.5 Å². The molecule has 3 aromatic rings. The topological polar surface area (TPSA) is 70.2 Å². The Morgan fingerprint density at radius 3 is 2.96 bits per heavy atom. The first kappa shape index (κ1) is 15.4. The summed E-state index contributed by atoms with van der Waals surface area (Å²) in [5.74, 6) is 0.277. The number of carbonyl (C=O) groups is 1. The number of ether oxygens (including phenoxy) is 1. The van der Waals surface area contributed by atoms with Gasteiger partial charge in [-0.05, 0) is 24.6 Å². The average molecular weight is 329 g/mol. The summed E-state index contributed by atoms with van der Waals surface area (Å²) in [6.07, 6.45) is 3.16. The molecule has 0 amide bonds. The van der Waals surface area contributed by atoms with E-state index in [2.05, 4.69) is 10.2 Å². The quantitative estimate of drug-likeness (QED) is 0.528. The number of furan rings is 1. The van der Waals surface area contributed by atoms with Crippen molar-refractivity contribution < 1.29 is 13.9 Å². The Morgan fingerprint density at radius 2 is 2.17 bits per heavy atom. The van der Waals surface area contributed by atoms with Crippen LogP contribution in [0.1, 0.15) is 21.7 Å². The minimum absolute atomic E-state index is 0.224. The van der Waals surface area contributed by atoms with Crippen LogP contribution in [-0.2, 0) is 10.5 Å². The van der Waals surface area contributed by atoms with Gasteiger partial charge in [0.15, 0.2) is 5.16 Å². The summed E-state index contributed by atoms with van der Waals surface area (Å²) in [7, 11) is 1.33. The molecule has 1 aromatic carbocycles. The number of esters is 1. The van der Waals surface area contributed by atoms with Gasteiger partial charge in [0.1, 0.15) is 6.33 Å². The second-order valence-corrected chi connectivity index (χ2v) is 5.77. The lowest BCUT2D eigenvalue weighted by Crippen LogP contribution is -2.03. The van der Waals surface area contributed by atoms with Crippen LogP contribution < -0.4 is 0 Å². The molecule has 2 aromatic heterocycles. The zero-order valence-corrected chi connectivity index (χ0v) is 13.5. The van der Waals surface area contributed by atoms with E-state index in [9.17, 15) is 4.79 Å². The molecule has 0 aliphatic carbocycles. The summed E-state index contributed by atoms with van der Waals surface area (Å²) in [4.78, 5) is 11.6. The molecule has 0 saturated carbocycles. The maximum absolute atomic E-state index is 11.6. The summed E-state index contributed by atoms with van der Waals surface area (Å²) in [6.45, 7) is 2.04. The third-order valence-electron chi connectivity index (χ3n) is 3.37. The molecule has 0 N–H and O–H groups in total. The van der Waals surface area contributed by atoms with E-state index >= 15 is 0 Å². The summed E-state index contributed by atoms with van der Waals surface area (Å²) >= 11 is 1.48. The molecule has 118 valence electrons. The van der Waals surface area contributed by atoms with Gasteiger partial charge >= 0.3 is 5.97 Å². The molecular formula is C16H15N3O3S. The van der Waals surface area contributed by atoms with Gasteiger partial charge in [0.25, 0.3) is 0 Å². The van der Waals surface area contributed by atoms with E-state index in [0.717, 1.165) is 22.0 Å². The SMILES string of the molecule is COC(=O)c1occc1CSc1nncn1-c1ccccc1C. The molecule has 7 heteroatoms. The fraction of sp³-hybridized carbons (Fsp3) is 0.188. The van der Waals surface area contributed by atoms with E-state index in [1.54, 1.807) is 12.4 Å². The average Bonchev–Trinajstić information content (AvgIpc) is 3.21. The molecule has 23 heavy (non-hydrogen) atoms. The van der Waals surface area contributed by atoms with Crippen molar-refractivity contribution >= 4 is 17.7 Å².